The van der Waals surface area contributed by atoms with Gasteiger partial charge in [-0.3, -0.25) is 0 Å². The van der Waals surface area contributed by atoms with Crippen molar-refractivity contribution in [3.63, 3.8) is 0 Å². The molecule has 0 radical (unpaired) electrons. The molecule has 5 heteroatoms. The second-order valence-corrected chi connectivity index (χ2v) is 4.63. The van der Waals surface area contributed by atoms with Gasteiger partial charge in [0.25, 0.3) is 0 Å². The molecule has 0 aliphatic carbocycles. The molecule has 0 unspecified atom stereocenters. The fraction of sp³-hybridized carbons (Fsp3) is 0.250. The van der Waals surface area contributed by atoms with Crippen LogP contribution in [-0.2, 0) is 6.54 Å². The molecule has 21 heavy (non-hydrogen) atoms. The number of rotatable bonds is 5. The Kier molecular flexibility index (Phi) is 5.15. The van der Waals surface area contributed by atoms with E-state index >= 15 is 0 Å². The SMILES string of the molecule is CCOc1cc(CN=C(N)Nc2cccc(C)c2)ccn1. The fourth-order valence-electron chi connectivity index (χ4n) is 1.86. The summed E-state index contributed by atoms with van der Waals surface area (Å²) >= 11 is 0. The molecule has 3 N–H and O–H groups in total. The number of nitrogens with two attached hydrogens (primary N) is 1. The van der Waals surface area contributed by atoms with Crippen LogP contribution in [0.1, 0.15) is 18.1 Å². The summed E-state index contributed by atoms with van der Waals surface area (Å²) in [5.74, 6) is 0.991. The van der Waals surface area contributed by atoms with Crippen LogP contribution < -0.4 is 15.8 Å². The molecule has 1 heterocycles. The summed E-state index contributed by atoms with van der Waals surface area (Å²) in [6.45, 7) is 5.03. The maximum absolute atomic E-state index is 5.89. The van der Waals surface area contributed by atoms with Gasteiger partial charge >= 0.3 is 0 Å². The maximum atomic E-state index is 5.89. The molecule has 0 bridgehead atoms. The molecule has 0 aliphatic heterocycles. The van der Waals surface area contributed by atoms with Crippen LogP contribution in [0.2, 0.25) is 0 Å². The number of nitrogens with one attached hydrogen (secondary N) is 1. The van der Waals surface area contributed by atoms with Gasteiger partial charge in [0.2, 0.25) is 5.88 Å². The number of hydrogen-bond donors (Lipinski definition) is 2. The van der Waals surface area contributed by atoms with Crippen LogP contribution in [0.25, 0.3) is 0 Å². The number of benzene rings is 1. The van der Waals surface area contributed by atoms with E-state index in [2.05, 4.69) is 15.3 Å². The highest BCUT2D eigenvalue weighted by molar-refractivity contribution is 5.92. The monoisotopic (exact) mass is 284 g/mol. The molecule has 0 atom stereocenters. The predicted molar refractivity (Wildman–Crippen MR) is 85.5 cm³/mol. The van der Waals surface area contributed by atoms with Gasteiger partial charge in [-0.15, -0.1) is 0 Å². The van der Waals surface area contributed by atoms with Gasteiger partial charge in [-0.2, -0.15) is 0 Å². The van der Waals surface area contributed by atoms with Gasteiger partial charge in [-0.1, -0.05) is 12.1 Å². The Bertz CT molecular complexity index is 625. The minimum absolute atomic E-state index is 0.385. The first-order valence-corrected chi connectivity index (χ1v) is 6.88. The van der Waals surface area contributed by atoms with E-state index in [-0.39, 0.29) is 0 Å². The first kappa shape index (κ1) is 14.8. The molecule has 2 aromatic rings. The van der Waals surface area contributed by atoms with Crippen molar-refractivity contribution in [2.45, 2.75) is 20.4 Å². The maximum Gasteiger partial charge on any atom is 0.213 e. The Morgan fingerprint density at radius 2 is 2.19 bits per heavy atom. The second kappa shape index (κ2) is 7.28. The number of anilines is 1. The Hall–Kier alpha value is -2.56. The third kappa shape index (κ3) is 4.80. The van der Waals surface area contributed by atoms with E-state index in [0.29, 0.717) is 25.0 Å². The summed E-state index contributed by atoms with van der Waals surface area (Å²) in [5.41, 5.74) is 9.00. The Morgan fingerprint density at radius 3 is 2.95 bits per heavy atom. The van der Waals surface area contributed by atoms with Crippen LogP contribution in [0, 0.1) is 6.92 Å². The number of guanidine groups is 1. The molecule has 0 amide bonds. The lowest BCUT2D eigenvalue weighted by molar-refractivity contribution is 0.326. The van der Waals surface area contributed by atoms with E-state index in [1.165, 1.54) is 5.56 Å². The minimum Gasteiger partial charge on any atom is -0.478 e. The molecular formula is C16H20N4O. The normalized spacial score (nSPS) is 11.2. The average molecular weight is 284 g/mol. The van der Waals surface area contributed by atoms with Crippen molar-refractivity contribution in [3.05, 3.63) is 53.7 Å². The van der Waals surface area contributed by atoms with E-state index in [1.807, 2.05) is 50.2 Å². The highest BCUT2D eigenvalue weighted by Crippen LogP contribution is 2.11. The third-order valence-electron chi connectivity index (χ3n) is 2.81. The van der Waals surface area contributed by atoms with Crippen LogP contribution in [0.4, 0.5) is 5.69 Å². The summed E-state index contributed by atoms with van der Waals surface area (Å²) in [5, 5.41) is 3.07. The summed E-state index contributed by atoms with van der Waals surface area (Å²) in [7, 11) is 0. The number of hydrogen-bond acceptors (Lipinski definition) is 3. The molecule has 5 nitrogen and oxygen atoms in total. The zero-order chi connectivity index (χ0) is 15.1. The molecule has 2 rings (SSSR count). The van der Waals surface area contributed by atoms with Crippen molar-refractivity contribution in [1.29, 1.82) is 0 Å². The van der Waals surface area contributed by atoms with Crippen LogP contribution >= 0.6 is 0 Å². The summed E-state index contributed by atoms with van der Waals surface area (Å²) in [4.78, 5) is 8.44. The third-order valence-corrected chi connectivity index (χ3v) is 2.81. The van der Waals surface area contributed by atoms with Gasteiger partial charge in [-0.25, -0.2) is 9.98 Å². The Balaban J connectivity index is 1.98. The molecule has 0 saturated heterocycles. The van der Waals surface area contributed by atoms with Gasteiger partial charge in [0.05, 0.1) is 13.2 Å². The highest BCUT2D eigenvalue weighted by atomic mass is 16.5. The Morgan fingerprint density at radius 1 is 1.33 bits per heavy atom. The number of ether oxygens (including phenoxy) is 1. The largest absolute Gasteiger partial charge is 0.478 e. The molecule has 0 fully saturated rings. The van der Waals surface area contributed by atoms with Gasteiger partial charge in [-0.05, 0) is 43.2 Å². The number of pyridine rings is 1. The summed E-state index contributed by atoms with van der Waals surface area (Å²) < 4.78 is 5.36. The summed E-state index contributed by atoms with van der Waals surface area (Å²) in [6.07, 6.45) is 1.71. The lowest BCUT2D eigenvalue weighted by Gasteiger charge is -2.07. The van der Waals surface area contributed by atoms with Crippen molar-refractivity contribution in [3.8, 4) is 5.88 Å². The molecule has 0 spiro atoms. The van der Waals surface area contributed by atoms with Crippen molar-refractivity contribution in [2.75, 3.05) is 11.9 Å². The van der Waals surface area contributed by atoms with E-state index < -0.39 is 0 Å². The summed E-state index contributed by atoms with van der Waals surface area (Å²) in [6, 6.07) is 11.7. The van der Waals surface area contributed by atoms with E-state index in [0.717, 1.165) is 11.3 Å². The standard InChI is InChI=1S/C16H20N4O/c1-3-21-15-10-13(7-8-18-15)11-19-16(17)20-14-6-4-5-12(2)9-14/h4-10H,3,11H2,1-2H3,(H3,17,19,20). The topological polar surface area (TPSA) is 72.5 Å². The molecule has 0 saturated carbocycles. The molecule has 1 aromatic heterocycles. The zero-order valence-corrected chi connectivity index (χ0v) is 12.3. The van der Waals surface area contributed by atoms with Crippen molar-refractivity contribution in [1.82, 2.24) is 4.98 Å². The van der Waals surface area contributed by atoms with Crippen LogP contribution in [0.3, 0.4) is 0 Å². The lowest BCUT2D eigenvalue weighted by atomic mass is 10.2. The fourth-order valence-corrected chi connectivity index (χ4v) is 1.86. The Labute approximate surface area is 124 Å². The minimum atomic E-state index is 0.385. The van der Waals surface area contributed by atoms with Crippen molar-refractivity contribution < 1.29 is 4.74 Å². The van der Waals surface area contributed by atoms with E-state index in [4.69, 9.17) is 10.5 Å². The number of aryl methyl sites for hydroxylation is 1. The van der Waals surface area contributed by atoms with E-state index in [1.54, 1.807) is 6.20 Å². The smallest absolute Gasteiger partial charge is 0.213 e. The van der Waals surface area contributed by atoms with Gasteiger partial charge in [0.1, 0.15) is 0 Å². The molecule has 0 aliphatic rings. The number of aromatic nitrogens is 1. The first-order valence-electron chi connectivity index (χ1n) is 6.88. The van der Waals surface area contributed by atoms with Gasteiger partial charge in [0, 0.05) is 18.0 Å². The molecule has 1 aromatic carbocycles. The quantitative estimate of drug-likeness (QED) is 0.654. The van der Waals surface area contributed by atoms with Crippen molar-refractivity contribution in [2.24, 2.45) is 10.7 Å². The van der Waals surface area contributed by atoms with Gasteiger partial charge in [0.15, 0.2) is 5.96 Å². The highest BCUT2D eigenvalue weighted by Gasteiger charge is 1.99. The predicted octanol–water partition coefficient (Wildman–Crippen LogP) is 2.72. The lowest BCUT2D eigenvalue weighted by Crippen LogP contribution is -2.22. The number of nitrogens with zero attached hydrogens (tertiary/aromatic N) is 2. The first-order chi connectivity index (χ1) is 10.2. The van der Waals surface area contributed by atoms with Crippen LogP contribution in [0.5, 0.6) is 5.88 Å². The van der Waals surface area contributed by atoms with Crippen molar-refractivity contribution >= 4 is 11.6 Å². The number of aliphatic imine (C=N–C) groups is 1. The molecule has 110 valence electrons. The van der Waals surface area contributed by atoms with Crippen LogP contribution in [0.15, 0.2) is 47.6 Å². The van der Waals surface area contributed by atoms with Gasteiger partial charge < -0.3 is 15.8 Å². The average Bonchev–Trinajstić information content (AvgIpc) is 2.46. The zero-order valence-electron chi connectivity index (χ0n) is 12.3. The second-order valence-electron chi connectivity index (χ2n) is 4.63. The van der Waals surface area contributed by atoms with E-state index in [9.17, 15) is 0 Å². The molecular weight excluding hydrogens is 264 g/mol. The van der Waals surface area contributed by atoms with Crippen LogP contribution in [-0.4, -0.2) is 17.6 Å².